The van der Waals surface area contributed by atoms with Gasteiger partial charge in [-0.1, -0.05) is 42.8 Å². The fraction of sp³-hybridized carbons (Fsp3) is 0.200. The van der Waals surface area contributed by atoms with E-state index >= 15 is 0 Å². The van der Waals surface area contributed by atoms with E-state index in [0.29, 0.717) is 33.6 Å². The van der Waals surface area contributed by atoms with Gasteiger partial charge in [0.05, 0.1) is 16.8 Å². The van der Waals surface area contributed by atoms with Crippen molar-refractivity contribution in [1.82, 2.24) is 5.43 Å². The van der Waals surface area contributed by atoms with Gasteiger partial charge in [0, 0.05) is 10.0 Å². The van der Waals surface area contributed by atoms with Crippen LogP contribution >= 0.6 is 15.9 Å². The van der Waals surface area contributed by atoms with E-state index in [1.54, 1.807) is 48.5 Å². The summed E-state index contributed by atoms with van der Waals surface area (Å²) in [7, 11) is -4.01. The number of hydrazone groups is 1. The first kappa shape index (κ1) is 24.7. The van der Waals surface area contributed by atoms with Gasteiger partial charge in [0.25, 0.3) is 15.9 Å². The van der Waals surface area contributed by atoms with Gasteiger partial charge >= 0.3 is 0 Å². The molecule has 0 aliphatic carbocycles. The molecule has 1 amide bonds. The third-order valence-electron chi connectivity index (χ3n) is 5.42. The van der Waals surface area contributed by atoms with Crippen molar-refractivity contribution in [3.63, 3.8) is 0 Å². The van der Waals surface area contributed by atoms with E-state index < -0.39 is 22.5 Å². The van der Waals surface area contributed by atoms with Crippen molar-refractivity contribution < 1.29 is 22.7 Å². The number of nitrogens with one attached hydrogen (secondary N) is 1. The predicted molar refractivity (Wildman–Crippen MR) is 138 cm³/mol. The smallest absolute Gasteiger partial charge is 0.264 e. The number of para-hydroxylation sites is 1. The second kappa shape index (κ2) is 10.5. The van der Waals surface area contributed by atoms with Gasteiger partial charge in [-0.25, -0.2) is 13.8 Å². The zero-order valence-electron chi connectivity index (χ0n) is 19.2. The average molecular weight is 558 g/mol. The normalized spacial score (nSPS) is 12.7. The number of amides is 1. The second-order valence-corrected chi connectivity index (χ2v) is 10.5. The highest BCUT2D eigenvalue weighted by molar-refractivity contribution is 9.10. The van der Waals surface area contributed by atoms with Gasteiger partial charge in [0.1, 0.15) is 6.54 Å². The number of anilines is 1. The Kier molecular flexibility index (Phi) is 7.42. The van der Waals surface area contributed by atoms with E-state index in [2.05, 4.69) is 26.5 Å². The van der Waals surface area contributed by atoms with Gasteiger partial charge in [-0.15, -0.1) is 0 Å². The Morgan fingerprint density at radius 2 is 1.80 bits per heavy atom. The van der Waals surface area contributed by atoms with E-state index in [-0.39, 0.29) is 11.7 Å². The molecule has 1 N–H and O–H groups in total. The number of hydrogen-bond donors (Lipinski definition) is 1. The summed E-state index contributed by atoms with van der Waals surface area (Å²) >= 11 is 3.43. The number of carbonyl (C=O) groups is 1. The van der Waals surface area contributed by atoms with Crippen LogP contribution in [0.3, 0.4) is 0 Å². The van der Waals surface area contributed by atoms with Gasteiger partial charge in [-0.2, -0.15) is 5.10 Å². The Bertz CT molecular complexity index is 1370. The van der Waals surface area contributed by atoms with Crippen molar-refractivity contribution in [3.05, 3.63) is 81.8 Å². The molecule has 0 fully saturated rings. The number of fused-ring (bicyclic) bond motifs is 1. The third-order valence-corrected chi connectivity index (χ3v) is 7.88. The lowest BCUT2D eigenvalue weighted by Crippen LogP contribution is -2.40. The zero-order valence-corrected chi connectivity index (χ0v) is 21.6. The van der Waals surface area contributed by atoms with Crippen LogP contribution in [0.15, 0.2) is 75.1 Å². The van der Waals surface area contributed by atoms with Crippen LogP contribution < -0.4 is 19.2 Å². The molecule has 35 heavy (non-hydrogen) atoms. The highest BCUT2D eigenvalue weighted by Gasteiger charge is 2.28. The molecule has 182 valence electrons. The topological polar surface area (TPSA) is 97.3 Å². The molecule has 1 heterocycles. The summed E-state index contributed by atoms with van der Waals surface area (Å²) in [6, 6.07) is 17.2. The summed E-state index contributed by atoms with van der Waals surface area (Å²) in [6.07, 6.45) is 2.05. The number of carbonyl (C=O) groups excluding carboxylic acids is 1. The standard InChI is InChI=1S/C25H24BrN3O5S/c1-3-18-6-4-5-7-22(18)29(35(31,32)20-10-8-17(2)9-11-20)15-25(30)28-27-14-19-12-23-24(13-21(19)26)34-16-33-23/h4-14H,3,15-16H2,1-2H3,(H,28,30)/b27-14-. The first-order valence-corrected chi connectivity index (χ1v) is 13.1. The van der Waals surface area contributed by atoms with Crippen molar-refractivity contribution in [3.8, 4) is 11.5 Å². The monoisotopic (exact) mass is 557 g/mol. The molecule has 0 saturated heterocycles. The molecular formula is C25H24BrN3O5S. The number of nitrogens with zero attached hydrogens (tertiary/aromatic N) is 2. The Hall–Kier alpha value is -3.37. The van der Waals surface area contributed by atoms with E-state index in [9.17, 15) is 13.2 Å². The van der Waals surface area contributed by atoms with Gasteiger partial charge < -0.3 is 9.47 Å². The highest BCUT2D eigenvalue weighted by atomic mass is 79.9. The highest BCUT2D eigenvalue weighted by Crippen LogP contribution is 2.36. The third kappa shape index (κ3) is 5.49. The van der Waals surface area contributed by atoms with E-state index in [1.807, 2.05) is 26.0 Å². The lowest BCUT2D eigenvalue weighted by atomic mass is 10.1. The molecule has 0 aromatic heterocycles. The number of benzene rings is 3. The largest absolute Gasteiger partial charge is 0.454 e. The van der Waals surface area contributed by atoms with E-state index in [0.717, 1.165) is 15.4 Å². The van der Waals surface area contributed by atoms with Crippen LogP contribution in [0.2, 0.25) is 0 Å². The molecule has 8 nitrogen and oxygen atoms in total. The molecule has 0 spiro atoms. The van der Waals surface area contributed by atoms with Crippen LogP contribution in [0.1, 0.15) is 23.6 Å². The number of aryl methyl sites for hydroxylation is 2. The van der Waals surface area contributed by atoms with Crippen molar-refractivity contribution in [2.75, 3.05) is 17.6 Å². The van der Waals surface area contributed by atoms with Crippen molar-refractivity contribution in [1.29, 1.82) is 0 Å². The lowest BCUT2D eigenvalue weighted by Gasteiger charge is -2.25. The van der Waals surface area contributed by atoms with Crippen LogP contribution in [-0.2, 0) is 21.2 Å². The maximum absolute atomic E-state index is 13.6. The number of rotatable bonds is 8. The van der Waals surface area contributed by atoms with Gasteiger partial charge in [0.2, 0.25) is 6.79 Å². The number of hydrogen-bond acceptors (Lipinski definition) is 6. The molecule has 1 aliphatic heterocycles. The van der Waals surface area contributed by atoms with Crippen molar-refractivity contribution in [2.24, 2.45) is 5.10 Å². The Balaban J connectivity index is 1.58. The predicted octanol–water partition coefficient (Wildman–Crippen LogP) is 4.39. The quantitative estimate of drug-likeness (QED) is 0.327. The molecule has 0 unspecified atom stereocenters. The van der Waals surface area contributed by atoms with Crippen LogP contribution in [0.4, 0.5) is 5.69 Å². The van der Waals surface area contributed by atoms with Crippen molar-refractivity contribution >= 4 is 43.8 Å². The minimum absolute atomic E-state index is 0.106. The van der Waals surface area contributed by atoms with Crippen LogP contribution in [0.5, 0.6) is 11.5 Å². The Morgan fingerprint density at radius 1 is 1.11 bits per heavy atom. The lowest BCUT2D eigenvalue weighted by molar-refractivity contribution is -0.119. The molecule has 4 rings (SSSR count). The number of halogens is 1. The maximum Gasteiger partial charge on any atom is 0.264 e. The van der Waals surface area contributed by atoms with E-state index in [4.69, 9.17) is 9.47 Å². The van der Waals surface area contributed by atoms with Gasteiger partial charge in [-0.3, -0.25) is 9.10 Å². The number of sulfonamides is 1. The fourth-order valence-corrected chi connectivity index (χ4v) is 5.45. The zero-order chi connectivity index (χ0) is 25.0. The molecule has 10 heteroatoms. The molecule has 0 bridgehead atoms. The number of ether oxygens (including phenoxy) is 2. The second-order valence-electron chi connectivity index (χ2n) is 7.83. The first-order valence-electron chi connectivity index (χ1n) is 10.9. The molecule has 0 radical (unpaired) electrons. The average Bonchev–Trinajstić information content (AvgIpc) is 3.30. The van der Waals surface area contributed by atoms with E-state index in [1.165, 1.54) is 6.21 Å². The Labute approximate surface area is 212 Å². The summed E-state index contributed by atoms with van der Waals surface area (Å²) in [5.74, 6) is 0.608. The molecule has 0 saturated carbocycles. The molecule has 3 aromatic carbocycles. The van der Waals surface area contributed by atoms with Gasteiger partial charge in [0.15, 0.2) is 11.5 Å². The first-order chi connectivity index (χ1) is 16.8. The SMILES string of the molecule is CCc1ccccc1N(CC(=O)N/N=C\c1cc2c(cc1Br)OCO2)S(=O)(=O)c1ccc(C)cc1. The molecule has 3 aromatic rings. The molecule has 0 atom stereocenters. The maximum atomic E-state index is 13.6. The minimum atomic E-state index is -4.01. The van der Waals surface area contributed by atoms with Crippen LogP contribution in [-0.4, -0.2) is 33.9 Å². The fourth-order valence-electron chi connectivity index (χ4n) is 3.56. The van der Waals surface area contributed by atoms with Crippen molar-refractivity contribution in [2.45, 2.75) is 25.2 Å². The summed E-state index contributed by atoms with van der Waals surface area (Å²) in [5.41, 5.74) is 5.29. The summed E-state index contributed by atoms with van der Waals surface area (Å²) < 4.78 is 39.7. The molecule has 1 aliphatic rings. The molecular weight excluding hydrogens is 534 g/mol. The summed E-state index contributed by atoms with van der Waals surface area (Å²) in [4.78, 5) is 12.9. The van der Waals surface area contributed by atoms with Crippen LogP contribution in [0.25, 0.3) is 0 Å². The summed E-state index contributed by atoms with van der Waals surface area (Å²) in [5, 5.41) is 4.01. The van der Waals surface area contributed by atoms with Gasteiger partial charge in [-0.05, 0) is 65.2 Å². The Morgan fingerprint density at radius 3 is 2.51 bits per heavy atom. The summed E-state index contributed by atoms with van der Waals surface area (Å²) in [6.45, 7) is 3.52. The minimum Gasteiger partial charge on any atom is -0.454 e. The van der Waals surface area contributed by atoms with Crippen LogP contribution in [0, 0.1) is 6.92 Å².